The molecule has 0 aromatic carbocycles. The van der Waals surface area contributed by atoms with Crippen LogP contribution in [0.25, 0.3) is 0 Å². The second kappa shape index (κ2) is 4.61. The van der Waals surface area contributed by atoms with Crippen LogP contribution in [0.2, 0.25) is 0 Å². The zero-order valence-electron chi connectivity index (χ0n) is 8.32. The van der Waals surface area contributed by atoms with E-state index >= 15 is 0 Å². The van der Waals surface area contributed by atoms with Gasteiger partial charge in [-0.15, -0.1) is 0 Å². The van der Waals surface area contributed by atoms with Gasteiger partial charge in [-0.3, -0.25) is 0 Å². The molecule has 0 aromatic heterocycles. The quantitative estimate of drug-likeness (QED) is 0.659. The number of esters is 1. The summed E-state index contributed by atoms with van der Waals surface area (Å²) in [6.07, 6.45) is 2.51. The highest BCUT2D eigenvalue weighted by Crippen LogP contribution is 2.36. The van der Waals surface area contributed by atoms with Crippen LogP contribution in [-0.4, -0.2) is 23.8 Å². The average molecular weight is 186 g/mol. The molecule has 1 rings (SSSR count). The summed E-state index contributed by atoms with van der Waals surface area (Å²) in [6.45, 7) is 3.99. The van der Waals surface area contributed by atoms with E-state index in [9.17, 15) is 9.90 Å². The molecule has 0 amide bonds. The van der Waals surface area contributed by atoms with Crippen LogP contribution < -0.4 is 0 Å². The first-order valence-electron chi connectivity index (χ1n) is 4.99. The molecule has 76 valence electrons. The minimum Gasteiger partial charge on any atom is -0.464 e. The summed E-state index contributed by atoms with van der Waals surface area (Å²) in [7, 11) is 0. The van der Waals surface area contributed by atoms with Gasteiger partial charge in [0.15, 0.2) is 6.10 Å². The molecule has 2 atom stereocenters. The Morgan fingerprint density at radius 1 is 1.62 bits per heavy atom. The van der Waals surface area contributed by atoms with Gasteiger partial charge in [-0.25, -0.2) is 4.79 Å². The lowest BCUT2D eigenvalue weighted by Crippen LogP contribution is -2.30. The van der Waals surface area contributed by atoms with Crippen molar-refractivity contribution in [3.8, 4) is 0 Å². The van der Waals surface area contributed by atoms with Crippen molar-refractivity contribution in [1.82, 2.24) is 0 Å². The van der Waals surface area contributed by atoms with E-state index in [1.807, 2.05) is 6.92 Å². The Balaban J connectivity index is 2.26. The summed E-state index contributed by atoms with van der Waals surface area (Å²) in [6, 6.07) is 0. The monoisotopic (exact) mass is 186 g/mol. The Bertz CT molecular complexity index is 175. The van der Waals surface area contributed by atoms with Crippen molar-refractivity contribution in [2.45, 2.75) is 39.2 Å². The average Bonchev–Trinajstić information content (AvgIpc) is 2.87. The van der Waals surface area contributed by atoms with E-state index in [-0.39, 0.29) is 5.92 Å². The Labute approximate surface area is 79.1 Å². The van der Waals surface area contributed by atoms with Crippen molar-refractivity contribution in [2.24, 2.45) is 11.8 Å². The van der Waals surface area contributed by atoms with E-state index in [2.05, 4.69) is 0 Å². The van der Waals surface area contributed by atoms with Gasteiger partial charge in [0.05, 0.1) is 6.61 Å². The number of hydrogen-bond donors (Lipinski definition) is 1. The standard InChI is InChI=1S/C10H18O3/c1-3-13-10(12)9(11)7(2)6-8-4-5-8/h7-9,11H,3-6H2,1-2H3. The molecule has 1 aliphatic carbocycles. The summed E-state index contributed by atoms with van der Waals surface area (Å²) in [5.74, 6) is 0.293. The third-order valence-corrected chi connectivity index (χ3v) is 2.47. The molecule has 1 aliphatic rings. The van der Waals surface area contributed by atoms with E-state index in [0.717, 1.165) is 12.3 Å². The first-order chi connectivity index (χ1) is 6.15. The van der Waals surface area contributed by atoms with E-state index in [1.165, 1.54) is 12.8 Å². The van der Waals surface area contributed by atoms with Crippen LogP contribution in [0.4, 0.5) is 0 Å². The SMILES string of the molecule is CCOC(=O)C(O)C(C)CC1CC1. The van der Waals surface area contributed by atoms with E-state index < -0.39 is 12.1 Å². The Morgan fingerprint density at radius 2 is 2.23 bits per heavy atom. The van der Waals surface area contributed by atoms with E-state index in [0.29, 0.717) is 6.61 Å². The number of aliphatic hydroxyl groups excluding tert-OH is 1. The molecule has 3 nitrogen and oxygen atoms in total. The van der Waals surface area contributed by atoms with Gasteiger partial charge in [-0.05, 0) is 25.2 Å². The summed E-state index contributed by atoms with van der Waals surface area (Å²) in [4.78, 5) is 11.1. The molecule has 0 spiro atoms. The zero-order valence-corrected chi connectivity index (χ0v) is 8.32. The van der Waals surface area contributed by atoms with Crippen molar-refractivity contribution >= 4 is 5.97 Å². The highest BCUT2D eigenvalue weighted by atomic mass is 16.5. The van der Waals surface area contributed by atoms with Crippen LogP contribution in [0.15, 0.2) is 0 Å². The lowest BCUT2D eigenvalue weighted by molar-refractivity contribution is -0.155. The van der Waals surface area contributed by atoms with Gasteiger partial charge in [0.25, 0.3) is 0 Å². The van der Waals surface area contributed by atoms with Gasteiger partial charge in [0, 0.05) is 0 Å². The Morgan fingerprint density at radius 3 is 2.69 bits per heavy atom. The number of ether oxygens (including phenoxy) is 1. The number of rotatable bonds is 5. The van der Waals surface area contributed by atoms with Gasteiger partial charge < -0.3 is 9.84 Å². The zero-order chi connectivity index (χ0) is 9.84. The van der Waals surface area contributed by atoms with E-state index in [4.69, 9.17) is 4.74 Å². The molecule has 0 radical (unpaired) electrons. The molecule has 0 bridgehead atoms. The topological polar surface area (TPSA) is 46.5 Å². The van der Waals surface area contributed by atoms with Gasteiger partial charge in [0.2, 0.25) is 0 Å². The first kappa shape index (κ1) is 10.5. The summed E-state index contributed by atoms with van der Waals surface area (Å²) in [5.41, 5.74) is 0. The number of aliphatic hydroxyl groups is 1. The molecule has 1 fully saturated rings. The molecule has 13 heavy (non-hydrogen) atoms. The first-order valence-corrected chi connectivity index (χ1v) is 4.99. The van der Waals surface area contributed by atoms with Crippen LogP contribution >= 0.6 is 0 Å². The molecule has 0 aromatic rings. The number of hydrogen-bond acceptors (Lipinski definition) is 3. The van der Waals surface area contributed by atoms with Crippen molar-refractivity contribution in [2.75, 3.05) is 6.61 Å². The fraction of sp³-hybridized carbons (Fsp3) is 0.900. The summed E-state index contributed by atoms with van der Waals surface area (Å²) in [5, 5.41) is 9.52. The van der Waals surface area contributed by atoms with E-state index in [1.54, 1.807) is 6.92 Å². The van der Waals surface area contributed by atoms with Crippen LogP contribution in [0, 0.1) is 11.8 Å². The Hall–Kier alpha value is -0.570. The van der Waals surface area contributed by atoms with Gasteiger partial charge in [0.1, 0.15) is 0 Å². The van der Waals surface area contributed by atoms with Crippen LogP contribution in [-0.2, 0) is 9.53 Å². The van der Waals surface area contributed by atoms with Gasteiger partial charge in [-0.2, -0.15) is 0 Å². The minimum absolute atomic E-state index is 0.0338. The fourth-order valence-corrected chi connectivity index (χ4v) is 1.47. The molecular formula is C10H18O3. The van der Waals surface area contributed by atoms with Crippen LogP contribution in [0.3, 0.4) is 0 Å². The van der Waals surface area contributed by atoms with Gasteiger partial charge in [-0.1, -0.05) is 19.8 Å². The second-order valence-electron chi connectivity index (χ2n) is 3.85. The molecule has 1 N–H and O–H groups in total. The fourth-order valence-electron chi connectivity index (χ4n) is 1.47. The highest BCUT2D eigenvalue weighted by Gasteiger charge is 2.30. The third-order valence-electron chi connectivity index (χ3n) is 2.47. The maximum Gasteiger partial charge on any atom is 0.335 e. The van der Waals surface area contributed by atoms with Crippen LogP contribution in [0.5, 0.6) is 0 Å². The predicted molar refractivity (Wildman–Crippen MR) is 49.1 cm³/mol. The molecular weight excluding hydrogens is 168 g/mol. The third kappa shape index (κ3) is 3.35. The van der Waals surface area contributed by atoms with Gasteiger partial charge >= 0.3 is 5.97 Å². The summed E-state index contributed by atoms with van der Waals surface area (Å²) >= 11 is 0. The maximum absolute atomic E-state index is 11.1. The predicted octanol–water partition coefficient (Wildman–Crippen LogP) is 1.35. The van der Waals surface area contributed by atoms with Crippen molar-refractivity contribution in [1.29, 1.82) is 0 Å². The lowest BCUT2D eigenvalue weighted by atomic mass is 9.98. The van der Waals surface area contributed by atoms with Crippen molar-refractivity contribution in [3.63, 3.8) is 0 Å². The minimum atomic E-state index is -0.930. The van der Waals surface area contributed by atoms with Crippen molar-refractivity contribution in [3.05, 3.63) is 0 Å². The second-order valence-corrected chi connectivity index (χ2v) is 3.85. The normalized spacial score (nSPS) is 20.8. The number of carbonyl (C=O) groups is 1. The molecule has 1 saturated carbocycles. The maximum atomic E-state index is 11.1. The molecule has 2 unspecified atom stereocenters. The van der Waals surface area contributed by atoms with Crippen LogP contribution in [0.1, 0.15) is 33.1 Å². The molecule has 0 aliphatic heterocycles. The number of carbonyl (C=O) groups excluding carboxylic acids is 1. The van der Waals surface area contributed by atoms with Crippen molar-refractivity contribution < 1.29 is 14.6 Å². The summed E-state index contributed by atoms with van der Waals surface area (Å²) < 4.78 is 4.74. The highest BCUT2D eigenvalue weighted by molar-refractivity contribution is 5.74. The lowest BCUT2D eigenvalue weighted by Gasteiger charge is -2.16. The Kier molecular flexibility index (Phi) is 3.72. The smallest absolute Gasteiger partial charge is 0.335 e. The molecule has 3 heteroatoms. The largest absolute Gasteiger partial charge is 0.464 e. The molecule has 0 heterocycles. The molecule has 0 saturated heterocycles.